The van der Waals surface area contributed by atoms with Gasteiger partial charge in [-0.25, -0.2) is 0 Å². The molecule has 0 bridgehead atoms. The van der Waals surface area contributed by atoms with Crippen molar-refractivity contribution in [3.63, 3.8) is 0 Å². The van der Waals surface area contributed by atoms with E-state index in [2.05, 4.69) is 0 Å². The molecule has 2 aromatic carbocycles. The summed E-state index contributed by atoms with van der Waals surface area (Å²) in [7, 11) is 0. The van der Waals surface area contributed by atoms with E-state index >= 15 is 0 Å². The molecule has 2 amide bonds. The van der Waals surface area contributed by atoms with Gasteiger partial charge in [-0.1, -0.05) is 42.3 Å². The first-order chi connectivity index (χ1) is 16.0. The summed E-state index contributed by atoms with van der Waals surface area (Å²) in [4.78, 5) is 42.1. The molecule has 6 nitrogen and oxygen atoms in total. The van der Waals surface area contributed by atoms with E-state index in [1.54, 1.807) is 0 Å². The maximum absolute atomic E-state index is 13.7. The number of carbonyl (C=O) groups is 3. The number of nitrogens with zero attached hydrogens (tertiary/aromatic N) is 2. The number of carboxylic acids is 1. The van der Waals surface area contributed by atoms with Crippen molar-refractivity contribution >= 4 is 23.5 Å². The fourth-order valence-electron chi connectivity index (χ4n) is 5.76. The number of aryl methyl sites for hydroxylation is 1. The van der Waals surface area contributed by atoms with Crippen LogP contribution in [-0.4, -0.2) is 39.9 Å². The van der Waals surface area contributed by atoms with Crippen LogP contribution >= 0.6 is 0 Å². The van der Waals surface area contributed by atoms with Crippen LogP contribution in [0.2, 0.25) is 0 Å². The molecule has 3 aliphatic rings. The first kappa shape index (κ1) is 21.7. The Bertz CT molecular complexity index is 1080. The quantitative estimate of drug-likeness (QED) is 0.696. The molecule has 0 aromatic heterocycles. The summed E-state index contributed by atoms with van der Waals surface area (Å²) < 4.78 is 0. The highest BCUT2D eigenvalue weighted by molar-refractivity contribution is 6.07. The van der Waals surface area contributed by atoms with Crippen LogP contribution in [0.3, 0.4) is 0 Å². The smallest absolute Gasteiger partial charge is 0.303 e. The number of aliphatic carboxylic acids is 1. The number of rotatable bonds is 6. The second-order valence-corrected chi connectivity index (χ2v) is 9.63. The monoisotopic (exact) mass is 446 g/mol. The van der Waals surface area contributed by atoms with Crippen molar-refractivity contribution in [3.05, 3.63) is 65.2 Å². The summed E-state index contributed by atoms with van der Waals surface area (Å²) in [6.45, 7) is 2.01. The van der Waals surface area contributed by atoms with E-state index in [0.29, 0.717) is 5.56 Å². The summed E-state index contributed by atoms with van der Waals surface area (Å²) in [5, 5.41) is 9.12. The molecular formula is C27H30N2O4. The van der Waals surface area contributed by atoms with E-state index in [4.69, 9.17) is 5.11 Å². The highest BCUT2D eigenvalue weighted by atomic mass is 16.4. The van der Waals surface area contributed by atoms with Crippen LogP contribution in [0.15, 0.2) is 48.5 Å². The van der Waals surface area contributed by atoms with E-state index in [9.17, 15) is 14.4 Å². The fraction of sp³-hybridized carbons (Fsp3) is 0.444. The molecule has 6 heteroatoms. The third kappa shape index (κ3) is 4.03. The lowest BCUT2D eigenvalue weighted by Gasteiger charge is -2.48. The van der Waals surface area contributed by atoms with Gasteiger partial charge in [-0.2, -0.15) is 0 Å². The molecule has 3 atom stereocenters. The summed E-state index contributed by atoms with van der Waals surface area (Å²) in [5.41, 5.74) is 3.69. The number of para-hydroxylation sites is 1. The molecule has 172 valence electrons. The normalized spacial score (nSPS) is 23.5. The minimum Gasteiger partial charge on any atom is -0.481 e. The summed E-state index contributed by atoms with van der Waals surface area (Å²) in [5.74, 6) is -0.864. The molecule has 5 rings (SSSR count). The molecule has 1 heterocycles. The van der Waals surface area contributed by atoms with E-state index in [0.717, 1.165) is 48.9 Å². The number of anilines is 1. The largest absolute Gasteiger partial charge is 0.481 e. The zero-order valence-corrected chi connectivity index (χ0v) is 18.9. The SMILES string of the molecule is Cc1ccc(C(=O)N2c3ccccc3[C@H](N(C(=O)CCC(=O)O)C3CC3)[C@H]3CCC[C@H]32)cc1. The minimum atomic E-state index is -0.947. The van der Waals surface area contributed by atoms with E-state index in [1.807, 2.05) is 65.3 Å². The van der Waals surface area contributed by atoms with Crippen LogP contribution in [0.5, 0.6) is 0 Å². The molecule has 2 fully saturated rings. The van der Waals surface area contributed by atoms with Crippen molar-refractivity contribution in [3.8, 4) is 0 Å². The molecule has 0 radical (unpaired) electrons. The summed E-state index contributed by atoms with van der Waals surface area (Å²) in [6, 6.07) is 15.8. The van der Waals surface area contributed by atoms with Gasteiger partial charge in [0.15, 0.2) is 0 Å². The first-order valence-electron chi connectivity index (χ1n) is 12.0. The molecule has 33 heavy (non-hydrogen) atoms. The third-order valence-electron chi connectivity index (χ3n) is 7.38. The Morgan fingerprint density at radius 2 is 1.70 bits per heavy atom. The van der Waals surface area contributed by atoms with E-state index in [-0.39, 0.29) is 48.7 Å². The maximum atomic E-state index is 13.7. The van der Waals surface area contributed by atoms with Gasteiger partial charge in [0.1, 0.15) is 0 Å². The Balaban J connectivity index is 1.55. The first-order valence-corrected chi connectivity index (χ1v) is 12.0. The number of hydrogen-bond acceptors (Lipinski definition) is 3. The molecule has 0 unspecified atom stereocenters. The Labute approximate surface area is 194 Å². The van der Waals surface area contributed by atoms with Gasteiger partial charge < -0.3 is 14.9 Å². The Hall–Kier alpha value is -3.15. The van der Waals surface area contributed by atoms with Crippen LogP contribution in [0.4, 0.5) is 5.69 Å². The number of fused-ring (bicyclic) bond motifs is 2. The predicted octanol–water partition coefficient (Wildman–Crippen LogP) is 4.72. The second-order valence-electron chi connectivity index (χ2n) is 9.63. The average Bonchev–Trinajstić information content (AvgIpc) is 3.53. The molecule has 1 N–H and O–H groups in total. The molecule has 2 aliphatic carbocycles. The number of hydrogen-bond donors (Lipinski definition) is 1. The summed E-state index contributed by atoms with van der Waals surface area (Å²) in [6.07, 6.45) is 4.67. The lowest BCUT2D eigenvalue weighted by molar-refractivity contribution is -0.142. The highest BCUT2D eigenvalue weighted by Gasteiger charge is 2.51. The van der Waals surface area contributed by atoms with Gasteiger partial charge >= 0.3 is 5.97 Å². The van der Waals surface area contributed by atoms with E-state index in [1.165, 1.54) is 0 Å². The highest BCUT2D eigenvalue weighted by Crippen LogP contribution is 2.52. The molecule has 1 aliphatic heterocycles. The van der Waals surface area contributed by atoms with Crippen molar-refractivity contribution in [2.75, 3.05) is 4.90 Å². The zero-order valence-electron chi connectivity index (χ0n) is 18.9. The van der Waals surface area contributed by atoms with Gasteiger partial charge in [0.05, 0.1) is 12.5 Å². The molecular weight excluding hydrogens is 416 g/mol. The van der Waals surface area contributed by atoms with Gasteiger partial charge in [0, 0.05) is 35.7 Å². The van der Waals surface area contributed by atoms with Crippen LogP contribution in [0.1, 0.15) is 72.5 Å². The minimum absolute atomic E-state index is 0.00738. The van der Waals surface area contributed by atoms with Crippen molar-refractivity contribution in [2.45, 2.75) is 70.0 Å². The zero-order chi connectivity index (χ0) is 23.1. The average molecular weight is 447 g/mol. The Morgan fingerprint density at radius 3 is 2.39 bits per heavy atom. The van der Waals surface area contributed by atoms with Crippen LogP contribution in [0, 0.1) is 12.8 Å². The molecule has 2 aromatic rings. The lowest BCUT2D eigenvalue weighted by Crippen LogP contribution is -2.52. The van der Waals surface area contributed by atoms with Gasteiger partial charge in [0.2, 0.25) is 5.91 Å². The standard InChI is InChI=1S/C27H30N2O4/c1-17-9-11-18(12-10-17)27(33)29-22-7-3-2-5-20(22)26(21-6-4-8-23(21)29)28(19-13-14-19)24(30)15-16-25(31)32/h2-3,5,7,9-12,19,21,23,26H,4,6,8,13-16H2,1H3,(H,31,32)/t21-,23+,26-/m0/s1. The topological polar surface area (TPSA) is 77.9 Å². The van der Waals surface area contributed by atoms with Crippen molar-refractivity contribution < 1.29 is 19.5 Å². The second kappa shape index (κ2) is 8.65. The van der Waals surface area contributed by atoms with E-state index < -0.39 is 5.97 Å². The van der Waals surface area contributed by atoms with Crippen molar-refractivity contribution in [2.24, 2.45) is 5.92 Å². The fourth-order valence-corrected chi connectivity index (χ4v) is 5.76. The molecule has 0 saturated heterocycles. The van der Waals surface area contributed by atoms with Crippen molar-refractivity contribution in [1.29, 1.82) is 0 Å². The predicted molar refractivity (Wildman–Crippen MR) is 125 cm³/mol. The third-order valence-corrected chi connectivity index (χ3v) is 7.38. The maximum Gasteiger partial charge on any atom is 0.303 e. The van der Waals surface area contributed by atoms with Gasteiger partial charge in [-0.05, 0) is 56.4 Å². The molecule has 2 saturated carbocycles. The lowest BCUT2D eigenvalue weighted by atomic mass is 9.81. The van der Waals surface area contributed by atoms with Gasteiger partial charge in [-0.15, -0.1) is 0 Å². The number of amides is 2. The number of benzene rings is 2. The number of carboxylic acid groups (broad SMARTS) is 1. The van der Waals surface area contributed by atoms with Gasteiger partial charge in [0.25, 0.3) is 5.91 Å². The van der Waals surface area contributed by atoms with Gasteiger partial charge in [-0.3, -0.25) is 14.4 Å². The van der Waals surface area contributed by atoms with Crippen LogP contribution in [-0.2, 0) is 9.59 Å². The molecule has 0 spiro atoms. The Morgan fingerprint density at radius 1 is 0.970 bits per heavy atom. The van der Waals surface area contributed by atoms with Crippen molar-refractivity contribution in [1.82, 2.24) is 4.90 Å². The Kier molecular flexibility index (Phi) is 5.69. The van der Waals surface area contributed by atoms with Crippen LogP contribution < -0.4 is 4.90 Å². The summed E-state index contributed by atoms with van der Waals surface area (Å²) >= 11 is 0. The van der Waals surface area contributed by atoms with Crippen LogP contribution in [0.25, 0.3) is 0 Å². The number of carbonyl (C=O) groups excluding carboxylic acids is 2.